The fourth-order valence-electron chi connectivity index (χ4n) is 5.67. The van der Waals surface area contributed by atoms with Gasteiger partial charge in [0.1, 0.15) is 36.6 Å². The van der Waals surface area contributed by atoms with Crippen LogP contribution in [0.3, 0.4) is 0 Å². The van der Waals surface area contributed by atoms with Crippen LogP contribution in [0.15, 0.2) is 22.2 Å². The molecule has 2 aliphatic heterocycles. The van der Waals surface area contributed by atoms with Crippen LogP contribution in [0.2, 0.25) is 0 Å². The van der Waals surface area contributed by atoms with Gasteiger partial charge in [0.15, 0.2) is 23.7 Å². The number of hydrogen-bond acceptors (Lipinski definition) is 24. The smallest absolute Gasteiger partial charge is 0.479 e. The van der Waals surface area contributed by atoms with Crippen molar-refractivity contribution in [3.05, 3.63) is 33.4 Å². The van der Waals surface area contributed by atoms with E-state index in [1.165, 1.54) is 29.6 Å². The Morgan fingerprint density at radius 3 is 2.23 bits per heavy atom. The summed E-state index contributed by atoms with van der Waals surface area (Å²) in [5, 5.41) is 31.9. The van der Waals surface area contributed by atoms with Crippen molar-refractivity contribution < 1.29 is 75.6 Å². The first kappa shape index (κ1) is 47.1. The summed E-state index contributed by atoms with van der Waals surface area (Å²) in [7, 11) is -8.45. The summed E-state index contributed by atoms with van der Waals surface area (Å²) < 4.78 is 63.8. The highest BCUT2D eigenvalue weighted by atomic mass is 32.5. The Labute approximate surface area is 317 Å². The van der Waals surface area contributed by atoms with Crippen LogP contribution in [0.25, 0.3) is 22.3 Å². The Bertz CT molecular complexity index is 2310. The topological polar surface area (TPSA) is 498 Å². The third-order valence-electron chi connectivity index (χ3n) is 7.92. The van der Waals surface area contributed by atoms with Gasteiger partial charge in [-0.1, -0.05) is 4.98 Å². The lowest BCUT2D eigenvalue weighted by molar-refractivity contribution is -0.746. The van der Waals surface area contributed by atoms with Crippen LogP contribution < -0.4 is 50.5 Å². The number of aryl methyl sites for hydroxylation is 1. The van der Waals surface area contributed by atoms with Gasteiger partial charge >= 0.3 is 20.2 Å². The number of imidazole rings is 2. The van der Waals surface area contributed by atoms with Gasteiger partial charge in [-0.05, 0) is 11.8 Å². The number of H-pyrrole nitrogens is 2. The average molecular weight is 884 g/mol. The van der Waals surface area contributed by atoms with Crippen LogP contribution in [0.1, 0.15) is 12.5 Å². The molecule has 316 valence electrons. The first-order valence-corrected chi connectivity index (χ1v) is 20.3. The number of aromatic nitrogens is 8. The Hall–Kier alpha value is -3.23. The lowest BCUT2D eigenvalue weighted by atomic mass is 10.1. The minimum absolute atomic E-state index is 0. The molecular weight excluding hydrogens is 843 g/mol. The highest BCUT2D eigenvalue weighted by Gasteiger charge is 2.49. The number of rotatable bonds is 13. The lowest BCUT2D eigenvalue weighted by Crippen LogP contribution is -2.47. The number of nitrogens with two attached hydrogens (primary N) is 2. The lowest BCUT2D eigenvalue weighted by Gasteiger charge is -2.28. The van der Waals surface area contributed by atoms with Crippen LogP contribution in [-0.2, 0) is 59.9 Å². The number of nitrogens with zero attached hydrogens (tertiary/aromatic N) is 6. The molecule has 6 rings (SSSR count). The average Bonchev–Trinajstić information content (AvgIpc) is 3.77. The summed E-state index contributed by atoms with van der Waals surface area (Å²) >= 11 is 4.56. The maximum atomic E-state index is 12.6. The SMILES string of the molecule is CO[C@@H]1[C@H](O)[C@@H](COP(=O)([O-])OP(O)(=S)OP(=O)(O)OC[C@H]2O[C@@H](n3cnc4c(=O)[nH]c(N)nc43)[C@H](O)[C@@H]2O)O[C@H]1[n+]1cn(C)c2c(=O)[nH]c(N)nc21.N.N.N. The van der Waals surface area contributed by atoms with E-state index in [-0.39, 0.29) is 52.7 Å². The van der Waals surface area contributed by atoms with Crippen LogP contribution in [0, 0.1) is 0 Å². The Balaban J connectivity index is 0.00000280. The Morgan fingerprint density at radius 2 is 1.57 bits per heavy atom. The third kappa shape index (κ3) is 9.38. The largest absolute Gasteiger partial charge is 0.756 e. The van der Waals surface area contributed by atoms with Gasteiger partial charge in [-0.15, -0.1) is 0 Å². The van der Waals surface area contributed by atoms with Gasteiger partial charge in [0, 0.05) is 7.11 Å². The van der Waals surface area contributed by atoms with Crippen LogP contribution in [-0.4, -0.2) is 116 Å². The van der Waals surface area contributed by atoms with Crippen molar-refractivity contribution in [2.75, 3.05) is 31.8 Å². The molecule has 0 amide bonds. The van der Waals surface area contributed by atoms with E-state index in [4.69, 9.17) is 34.7 Å². The molecule has 4 aromatic rings. The van der Waals surface area contributed by atoms with E-state index in [1.807, 2.05) is 0 Å². The number of ether oxygens (including phenoxy) is 3. The summed E-state index contributed by atoms with van der Waals surface area (Å²) in [6.07, 6.45) is -9.42. The van der Waals surface area contributed by atoms with Gasteiger partial charge in [-0.3, -0.25) is 37.8 Å². The van der Waals surface area contributed by atoms with Crippen LogP contribution in [0.4, 0.5) is 11.9 Å². The molecule has 56 heavy (non-hydrogen) atoms. The predicted molar refractivity (Wildman–Crippen MR) is 188 cm³/mol. The minimum atomic E-state index is -5.70. The number of nitrogens with one attached hydrogen (secondary N) is 2. The molecule has 0 spiro atoms. The monoisotopic (exact) mass is 883 g/mol. The maximum absolute atomic E-state index is 12.6. The third-order valence-corrected chi connectivity index (χ3v) is 13.3. The fraction of sp³-hybridized carbons (Fsp3) is 0.545. The zero-order valence-electron chi connectivity index (χ0n) is 29.0. The minimum Gasteiger partial charge on any atom is -0.756 e. The molecule has 30 nitrogen and oxygen atoms in total. The summed E-state index contributed by atoms with van der Waals surface area (Å²) in [5.74, 6) is -0.512. The second kappa shape index (κ2) is 17.3. The van der Waals surface area contributed by atoms with Gasteiger partial charge in [-0.25, -0.2) is 22.7 Å². The van der Waals surface area contributed by atoms with E-state index >= 15 is 0 Å². The van der Waals surface area contributed by atoms with E-state index in [2.05, 4.69) is 45.3 Å². The number of phosphoric ester groups is 2. The zero-order valence-corrected chi connectivity index (χ0v) is 32.5. The van der Waals surface area contributed by atoms with Crippen molar-refractivity contribution in [3.63, 3.8) is 0 Å². The molecule has 11 atom stereocenters. The molecule has 6 heterocycles. The summed E-state index contributed by atoms with van der Waals surface area (Å²) in [5.41, 5.74) is 9.78. The molecule has 2 fully saturated rings. The predicted octanol–water partition coefficient (Wildman–Crippen LogP) is -3.92. The maximum Gasteiger partial charge on any atom is 0.479 e. The number of anilines is 2. The highest BCUT2D eigenvalue weighted by Crippen LogP contribution is 2.67. The van der Waals surface area contributed by atoms with Crippen LogP contribution in [0.5, 0.6) is 0 Å². The number of phosphoric acid groups is 2. The first-order valence-electron chi connectivity index (χ1n) is 14.8. The molecule has 0 saturated carbocycles. The molecule has 0 aromatic carbocycles. The Kier molecular flexibility index (Phi) is 14.6. The van der Waals surface area contributed by atoms with E-state index in [1.54, 1.807) is 0 Å². The van der Waals surface area contributed by atoms with Crippen molar-refractivity contribution in [1.82, 2.24) is 52.5 Å². The number of methoxy groups -OCH3 is 1. The zero-order chi connectivity index (χ0) is 38.8. The van der Waals surface area contributed by atoms with E-state index in [0.29, 0.717) is 0 Å². The normalized spacial score (nSPS) is 28.1. The van der Waals surface area contributed by atoms with Gasteiger partial charge in [0.05, 0.1) is 26.6 Å². The number of aliphatic hydroxyl groups is 3. The van der Waals surface area contributed by atoms with Gasteiger partial charge in [-0.2, -0.15) is 4.98 Å². The van der Waals surface area contributed by atoms with Crippen molar-refractivity contribution in [3.8, 4) is 0 Å². The van der Waals surface area contributed by atoms with Gasteiger partial charge < -0.3 is 78.7 Å². The summed E-state index contributed by atoms with van der Waals surface area (Å²) in [6, 6.07) is 0. The van der Waals surface area contributed by atoms with Crippen molar-refractivity contribution in [2.24, 2.45) is 7.05 Å². The van der Waals surface area contributed by atoms with Crippen LogP contribution >= 0.6 is 22.4 Å². The second-order valence-electron chi connectivity index (χ2n) is 11.5. The quantitative estimate of drug-likeness (QED) is 0.0451. The molecule has 2 saturated heterocycles. The molecule has 34 heteroatoms. The van der Waals surface area contributed by atoms with Gasteiger partial charge in [0.25, 0.3) is 24.9 Å². The molecule has 0 bridgehead atoms. The summed E-state index contributed by atoms with van der Waals surface area (Å²) in [4.78, 5) is 74.1. The number of nitrogen functional groups attached to an aromatic ring is 2. The number of hydrogen-bond donors (Lipinski definition) is 12. The standard InChI is InChI=1S/C22H31N10O17P3S.3H3N/c1-30-6-32(16-10(30)18(37)29-22(24)27-16)20-14(43-2)12(34)8(47-20)4-45-51(40,41)49-52(42,53)48-50(38,39)44-3-7-11(33)13(35)19(46-7)31-5-25-9-15(31)26-21(23)28-17(9)36;;;/h5-8,11-14,19-20,33-35H,3-4H2,1-2H3,(H8-,23,24,26,27,28,29,36,37,38,39,40,41,42,53);3*1H3/t7-,8-,11-,12-,13-,14-,19-,20-,52?;;;/m1.../s1. The molecule has 20 N–H and O–H groups in total. The molecule has 3 unspecified atom stereocenters. The van der Waals surface area contributed by atoms with E-state index in [0.717, 1.165) is 10.9 Å². The number of aromatic amines is 2. The van der Waals surface area contributed by atoms with Gasteiger partial charge in [0.2, 0.25) is 17.7 Å². The molecule has 4 aromatic heterocycles. The number of fused-ring (bicyclic) bond motifs is 2. The molecular formula is C22H40N13O17P3S. The molecule has 0 aliphatic carbocycles. The fourth-order valence-corrected chi connectivity index (χ4v) is 10.6. The van der Waals surface area contributed by atoms with E-state index in [9.17, 15) is 48.7 Å². The highest BCUT2D eigenvalue weighted by molar-refractivity contribution is 8.09. The second-order valence-corrected chi connectivity index (χ2v) is 17.4. The Morgan fingerprint density at radius 1 is 0.964 bits per heavy atom. The van der Waals surface area contributed by atoms with Crippen molar-refractivity contribution in [2.45, 2.75) is 49.1 Å². The van der Waals surface area contributed by atoms with E-state index < -0.39 is 95.8 Å². The first-order chi connectivity index (χ1) is 24.7. The number of aliphatic hydroxyl groups excluding tert-OH is 3. The van der Waals surface area contributed by atoms with Crippen molar-refractivity contribution in [1.29, 1.82) is 0 Å². The summed E-state index contributed by atoms with van der Waals surface area (Å²) in [6.45, 7) is -7.18. The molecule has 2 aliphatic rings. The molecule has 0 radical (unpaired) electrons. The van der Waals surface area contributed by atoms with Crippen molar-refractivity contribution >= 4 is 68.4 Å².